The molecule has 0 saturated heterocycles. The monoisotopic (exact) mass is 770 g/mol. The van der Waals surface area contributed by atoms with Crippen molar-refractivity contribution in [1.82, 2.24) is 9.97 Å². The van der Waals surface area contributed by atoms with E-state index in [4.69, 9.17) is 26.0 Å². The van der Waals surface area contributed by atoms with Crippen LogP contribution in [-0.2, 0) is 26.5 Å². The first-order chi connectivity index (χ1) is 28.5. The molecule has 3 heteroatoms. The van der Waals surface area contributed by atoms with Gasteiger partial charge in [-0.3, -0.25) is 0 Å². The Morgan fingerprint density at radius 1 is 0.795 bits per heavy atom. The predicted octanol–water partition coefficient (Wildman–Crippen LogP) is 10.6. The summed E-state index contributed by atoms with van der Waals surface area (Å²) in [5.74, 6) is 0. The summed E-state index contributed by atoms with van der Waals surface area (Å²) in [6.07, 6.45) is -1.68. The molecule has 0 unspecified atom stereocenters. The second-order valence-corrected chi connectivity index (χ2v) is 10.3. The van der Waals surface area contributed by atoms with Crippen LogP contribution < -0.4 is 0 Å². The third-order valence-corrected chi connectivity index (χ3v) is 5.78. The van der Waals surface area contributed by atoms with E-state index in [0.717, 1.165) is 5.56 Å². The molecule has 0 atom stereocenters. The zero-order valence-electron chi connectivity index (χ0n) is 43.0. The minimum Gasteiger partial charge on any atom is -0.305 e. The van der Waals surface area contributed by atoms with Crippen molar-refractivity contribution in [3.05, 3.63) is 156 Å². The average Bonchev–Trinajstić information content (AvgIpc) is 3.19. The van der Waals surface area contributed by atoms with Crippen LogP contribution in [-0.4, -0.2) is 9.97 Å². The molecule has 0 aliphatic carbocycles. The van der Waals surface area contributed by atoms with Crippen LogP contribution in [0.2, 0.25) is 0 Å². The molecular formula is C41H38IrN2-2. The number of aryl methyl sites for hydroxylation is 2. The van der Waals surface area contributed by atoms with E-state index in [0.29, 0.717) is 16.8 Å². The maximum absolute atomic E-state index is 8.66. The van der Waals surface area contributed by atoms with E-state index in [1.807, 2.05) is 30.3 Å². The van der Waals surface area contributed by atoms with Gasteiger partial charge < -0.3 is 9.97 Å². The summed E-state index contributed by atoms with van der Waals surface area (Å²) >= 11 is 0. The van der Waals surface area contributed by atoms with Crippen LogP contribution in [0.15, 0.2) is 127 Å². The van der Waals surface area contributed by atoms with Gasteiger partial charge in [-0.05, 0) is 66.6 Å². The van der Waals surface area contributed by atoms with E-state index in [-0.39, 0.29) is 36.8 Å². The van der Waals surface area contributed by atoms with Crippen molar-refractivity contribution in [2.75, 3.05) is 0 Å². The Kier molecular flexibility index (Phi) is 5.36. The van der Waals surface area contributed by atoms with Crippen molar-refractivity contribution < 1.29 is 46.1 Å². The standard InChI is InChI=1S/C22H22N.C19H16N.Ir/c1-22(2,3)16-17-9-11-18(12-10-17)20-13-14-23-21(15-20)19-7-5-4-6-8-19;1-14-8-11-19(20-13-14)17-10-9-15(2)18(12-17)16-6-4-3-5-7-16;/h4-7,9-15H,16H2,1-3H3;3-9,11-13H,1-2H3;/q2*-1;/i4D,5D,6D,7D,9D,10D,11D,12D,13D,14D,15D,16D2;1D3,2D3;. The molecular weight excluding hydrogens is 713 g/mol. The largest absolute Gasteiger partial charge is 0.305 e. The van der Waals surface area contributed by atoms with Crippen LogP contribution in [0.5, 0.6) is 0 Å². The Morgan fingerprint density at radius 3 is 2.32 bits per heavy atom. The topological polar surface area (TPSA) is 25.8 Å². The second kappa shape index (κ2) is 15.0. The molecule has 0 amide bonds. The number of pyridine rings is 2. The molecule has 2 nitrogen and oxygen atoms in total. The smallest absolute Gasteiger partial charge is 0.0830 e. The number of hydrogen-bond acceptors (Lipinski definition) is 2. The molecule has 223 valence electrons. The summed E-state index contributed by atoms with van der Waals surface area (Å²) in [6.45, 7) is 0.179. The predicted molar refractivity (Wildman–Crippen MR) is 181 cm³/mol. The van der Waals surface area contributed by atoms with Crippen molar-refractivity contribution in [2.24, 2.45) is 5.41 Å². The first-order valence-electron chi connectivity index (χ1n) is 22.7. The summed E-state index contributed by atoms with van der Waals surface area (Å²) in [6, 6.07) is 14.4. The summed E-state index contributed by atoms with van der Waals surface area (Å²) in [7, 11) is 0. The van der Waals surface area contributed by atoms with E-state index in [9.17, 15) is 0 Å². The average molecular weight is 770 g/mol. The maximum Gasteiger partial charge on any atom is 0.0830 e. The first-order valence-corrected chi connectivity index (χ1v) is 13.2. The Morgan fingerprint density at radius 2 is 1.61 bits per heavy atom. The van der Waals surface area contributed by atoms with Crippen molar-refractivity contribution in [2.45, 2.75) is 40.8 Å². The molecule has 0 spiro atoms. The van der Waals surface area contributed by atoms with Gasteiger partial charge in [0, 0.05) is 46.2 Å². The summed E-state index contributed by atoms with van der Waals surface area (Å²) in [4.78, 5) is 8.04. The van der Waals surface area contributed by atoms with Gasteiger partial charge in [-0.15, -0.1) is 65.1 Å². The molecule has 0 fully saturated rings. The molecule has 6 rings (SSSR count). The van der Waals surface area contributed by atoms with E-state index in [1.165, 1.54) is 18.3 Å². The van der Waals surface area contributed by atoms with Crippen LogP contribution in [0.3, 0.4) is 0 Å². The fraction of sp³-hybridized carbons (Fsp3) is 0.171. The van der Waals surface area contributed by atoms with Gasteiger partial charge in [0.1, 0.15) is 0 Å². The number of nitrogens with zero attached hydrogens (tertiary/aromatic N) is 2. The third kappa shape index (κ3) is 8.92. The molecule has 4 aromatic carbocycles. The number of rotatable bonds is 5. The summed E-state index contributed by atoms with van der Waals surface area (Å²) < 4.78 is 153. The van der Waals surface area contributed by atoms with E-state index in [1.54, 1.807) is 32.9 Å². The van der Waals surface area contributed by atoms with Crippen LogP contribution in [0.4, 0.5) is 0 Å². The van der Waals surface area contributed by atoms with Crippen molar-refractivity contribution in [1.29, 1.82) is 0 Å². The van der Waals surface area contributed by atoms with Crippen LogP contribution in [0.1, 0.15) is 63.5 Å². The third-order valence-electron chi connectivity index (χ3n) is 5.78. The van der Waals surface area contributed by atoms with Gasteiger partial charge in [-0.2, -0.15) is 0 Å². The quantitative estimate of drug-likeness (QED) is 0.163. The fourth-order valence-electron chi connectivity index (χ4n) is 3.85. The normalized spacial score (nSPS) is 17.8. The Balaban J connectivity index is 0.000000286. The van der Waals surface area contributed by atoms with Gasteiger partial charge in [-0.25, -0.2) is 0 Å². The van der Waals surface area contributed by atoms with Crippen LogP contribution >= 0.6 is 0 Å². The molecule has 0 N–H and O–H groups in total. The Hall–Kier alpha value is -4.17. The van der Waals surface area contributed by atoms with E-state index < -0.39 is 114 Å². The Bertz CT molecular complexity index is 2640. The van der Waals surface area contributed by atoms with E-state index >= 15 is 0 Å². The summed E-state index contributed by atoms with van der Waals surface area (Å²) in [5, 5.41) is 0. The fourth-order valence-corrected chi connectivity index (χ4v) is 3.85. The van der Waals surface area contributed by atoms with Crippen molar-refractivity contribution in [3.8, 4) is 44.8 Å². The van der Waals surface area contributed by atoms with Gasteiger partial charge in [-0.1, -0.05) is 106 Å². The van der Waals surface area contributed by atoms with E-state index in [2.05, 4.69) is 22.1 Å². The minimum absolute atomic E-state index is 0. The molecule has 44 heavy (non-hydrogen) atoms. The van der Waals surface area contributed by atoms with Crippen LogP contribution in [0.25, 0.3) is 44.8 Å². The Labute approximate surface area is 303 Å². The molecule has 0 aliphatic rings. The second-order valence-electron chi connectivity index (χ2n) is 10.3. The molecule has 6 aromatic rings. The molecule has 0 aliphatic heterocycles. The zero-order valence-corrected chi connectivity index (χ0v) is 26.4. The van der Waals surface area contributed by atoms with Gasteiger partial charge in [0.15, 0.2) is 0 Å². The molecule has 0 bridgehead atoms. The van der Waals surface area contributed by atoms with Crippen molar-refractivity contribution in [3.63, 3.8) is 0 Å². The van der Waals surface area contributed by atoms with Gasteiger partial charge in [0.2, 0.25) is 0 Å². The SMILES string of the molecule is [2H]C([2H])([2H])c1ccc(-c2[c-]cc(C([2H])([2H])[2H])c(-c3ccccc3)c2)nc1.[2H]c1[c-]c(-c2nc([2H])c([2H])c(-c3c([2H])c([2H])c(C([2H])([2H])C(C)(C)C)c([2H])c3[2H])c2[2H])c([2H])c([2H])c1[2H].[Ir]. The van der Waals surface area contributed by atoms with Gasteiger partial charge >= 0.3 is 0 Å². The number of aromatic nitrogens is 2. The minimum atomic E-state index is -2.27. The molecule has 2 aromatic heterocycles. The number of benzene rings is 4. The molecule has 0 saturated carbocycles. The van der Waals surface area contributed by atoms with Crippen molar-refractivity contribution >= 4 is 0 Å². The number of hydrogen-bond donors (Lipinski definition) is 0. The van der Waals surface area contributed by atoms with Gasteiger partial charge in [0.05, 0.1) is 9.60 Å². The maximum atomic E-state index is 8.66. The molecule has 1 radical (unpaired) electrons. The van der Waals surface area contributed by atoms with Crippen LogP contribution in [0, 0.1) is 31.3 Å². The zero-order chi connectivity index (χ0) is 46.6. The van der Waals surface area contributed by atoms with Gasteiger partial charge in [0.25, 0.3) is 0 Å². The summed E-state index contributed by atoms with van der Waals surface area (Å²) in [5.41, 5.74) is -0.481. The first kappa shape index (κ1) is 15.7. The molecule has 2 heterocycles.